The first-order valence-electron chi connectivity index (χ1n) is 16.8. The predicted octanol–water partition coefficient (Wildman–Crippen LogP) is 3.07. The largest absolute Gasteiger partial charge is 0.457 e. The van der Waals surface area contributed by atoms with Crippen molar-refractivity contribution in [2.24, 2.45) is 14.3 Å². The summed E-state index contributed by atoms with van der Waals surface area (Å²) in [6, 6.07) is 0. The zero-order chi connectivity index (χ0) is 37.2. The Morgan fingerprint density at radius 2 is 0.780 bits per heavy atom. The lowest BCUT2D eigenvalue weighted by Gasteiger charge is -2.26. The van der Waals surface area contributed by atoms with Crippen LogP contribution in [0.1, 0.15) is 40.0 Å². The summed E-state index contributed by atoms with van der Waals surface area (Å²) in [6.45, 7) is 9.11. The predicted molar refractivity (Wildman–Crippen MR) is 192 cm³/mol. The molecule has 0 aromatic heterocycles. The second kappa shape index (κ2) is 18.8. The number of aliphatic hydroxyl groups excluding tert-OH is 1. The Morgan fingerprint density at radius 1 is 0.520 bits per heavy atom. The molecule has 0 saturated carbocycles. The van der Waals surface area contributed by atoms with Crippen LogP contribution in [0.5, 0.6) is 0 Å². The van der Waals surface area contributed by atoms with Crippen molar-refractivity contribution in [3.05, 3.63) is 0 Å². The van der Waals surface area contributed by atoms with E-state index in [9.17, 15) is 13.7 Å². The lowest BCUT2D eigenvalue weighted by molar-refractivity contribution is 0.0917. The monoisotopic (exact) mass is 773 g/mol. The summed E-state index contributed by atoms with van der Waals surface area (Å²) < 4.78 is 88.3. The van der Waals surface area contributed by atoms with E-state index < -0.39 is 28.8 Å². The Balaban J connectivity index is 1.62. The van der Waals surface area contributed by atoms with Crippen LogP contribution in [0, 0.1) is 0 Å². The molecule has 0 amide bonds. The first kappa shape index (κ1) is 42.6. The molecule has 0 spiro atoms. The first-order chi connectivity index (χ1) is 23.4. The molecular weight excluding hydrogens is 715 g/mol. The van der Waals surface area contributed by atoms with Gasteiger partial charge in [-0.3, -0.25) is 27.1 Å². The summed E-state index contributed by atoms with van der Waals surface area (Å²) >= 11 is 0. The highest BCUT2D eigenvalue weighted by Gasteiger charge is 2.35. The fraction of sp³-hybridized carbons (Fsp3) is 0.893. The number of guanidine groups is 3. The van der Waals surface area contributed by atoms with Gasteiger partial charge in [0.15, 0.2) is 0 Å². The summed E-state index contributed by atoms with van der Waals surface area (Å²) in [5.41, 5.74) is -0.788. The molecule has 0 bridgehead atoms. The second-order valence-corrected chi connectivity index (χ2v) is 18.2. The second-order valence-electron chi connectivity index (χ2n) is 13.3. The zero-order valence-electron chi connectivity index (χ0n) is 31.1. The number of rotatable bonds is 20. The Bertz CT molecular complexity index is 1310. The fourth-order valence-corrected chi connectivity index (χ4v) is 9.45. The Morgan fingerprint density at radius 3 is 1.06 bits per heavy atom. The third-order valence-corrected chi connectivity index (χ3v) is 12.1. The molecule has 3 atom stereocenters. The van der Waals surface area contributed by atoms with Crippen LogP contribution >= 0.6 is 23.2 Å². The smallest absolute Gasteiger partial charge is 0.396 e. The van der Waals surface area contributed by atoms with Gasteiger partial charge < -0.3 is 34.5 Å². The van der Waals surface area contributed by atoms with Crippen LogP contribution in [0.25, 0.3) is 0 Å². The molecule has 290 valence electrons. The van der Waals surface area contributed by atoms with Gasteiger partial charge in [0.25, 0.3) is 0 Å². The Kier molecular flexibility index (Phi) is 16.0. The van der Waals surface area contributed by atoms with E-state index in [4.69, 9.17) is 32.2 Å². The summed E-state index contributed by atoms with van der Waals surface area (Å²) in [7, 11) is -0.864. The number of hydrogen-bond donors (Lipinski definition) is 1. The van der Waals surface area contributed by atoms with Crippen molar-refractivity contribution < 1.29 is 45.9 Å². The minimum absolute atomic E-state index is 0.000829. The molecular formula is C28H58N9O10P3. The van der Waals surface area contributed by atoms with Crippen molar-refractivity contribution in [1.29, 1.82) is 0 Å². The van der Waals surface area contributed by atoms with Gasteiger partial charge in [-0.1, -0.05) is 0 Å². The van der Waals surface area contributed by atoms with Crippen LogP contribution in [-0.4, -0.2) is 179 Å². The molecule has 3 heterocycles. The van der Waals surface area contributed by atoms with Crippen LogP contribution in [0.3, 0.4) is 0 Å². The maximum Gasteiger partial charge on any atom is 0.457 e. The van der Waals surface area contributed by atoms with Gasteiger partial charge >= 0.3 is 23.2 Å². The molecule has 0 aromatic rings. The highest BCUT2D eigenvalue weighted by atomic mass is 31.2. The zero-order valence-corrected chi connectivity index (χ0v) is 33.8. The number of aliphatic hydroxyl groups is 1. The summed E-state index contributed by atoms with van der Waals surface area (Å²) in [4.78, 5) is 11.1. The van der Waals surface area contributed by atoms with E-state index >= 15 is 0 Å². The number of hydrogen-bond acceptors (Lipinski definition) is 10. The molecule has 1 N–H and O–H groups in total. The van der Waals surface area contributed by atoms with Crippen LogP contribution in [0.15, 0.2) is 14.3 Å². The van der Waals surface area contributed by atoms with E-state index in [0.717, 1.165) is 13.1 Å². The molecule has 22 heteroatoms. The molecule has 3 rings (SSSR count). The standard InChI is InChI=1S/C28H58N9O10P3/c1-28(2,3)47-50(41,31-27-36(8)17-18-37(27)9)46-24-12-23-45-49(40,30-26-34(6)15-16-35(26)7)44-22-11-21-43-48(39,42-20-10-19-38)29-25-32(4)13-14-33(25)5/h38H,10-24H2,1-9H3. The van der Waals surface area contributed by atoms with Crippen molar-refractivity contribution in [3.8, 4) is 0 Å². The highest BCUT2D eigenvalue weighted by Crippen LogP contribution is 2.55. The lowest BCUT2D eigenvalue weighted by Crippen LogP contribution is -2.29. The topological polar surface area (TPSA) is 183 Å². The summed E-state index contributed by atoms with van der Waals surface area (Å²) in [5.74, 6) is 1.44. The first-order valence-corrected chi connectivity index (χ1v) is 21.3. The van der Waals surface area contributed by atoms with Crippen molar-refractivity contribution in [1.82, 2.24) is 29.4 Å². The van der Waals surface area contributed by atoms with E-state index in [-0.39, 0.29) is 58.9 Å². The van der Waals surface area contributed by atoms with Crippen LogP contribution in [0.4, 0.5) is 0 Å². The average Bonchev–Trinajstić information content (AvgIpc) is 3.63. The number of nitrogens with zero attached hydrogens (tertiary/aromatic N) is 9. The van der Waals surface area contributed by atoms with Gasteiger partial charge in [-0.15, -0.1) is 14.3 Å². The maximum absolute atomic E-state index is 13.9. The fourth-order valence-electron chi connectivity index (χ4n) is 4.85. The van der Waals surface area contributed by atoms with Gasteiger partial charge in [-0.2, -0.15) is 0 Å². The minimum atomic E-state index is -4.06. The van der Waals surface area contributed by atoms with E-state index in [1.165, 1.54) is 0 Å². The van der Waals surface area contributed by atoms with Gasteiger partial charge in [0, 0.05) is 88.2 Å². The molecule has 3 aliphatic heterocycles. The van der Waals surface area contributed by atoms with E-state index in [1.54, 1.807) is 20.8 Å². The van der Waals surface area contributed by atoms with E-state index in [2.05, 4.69) is 14.3 Å². The molecule has 0 aliphatic carbocycles. The normalized spacial score (nSPS) is 20.9. The maximum atomic E-state index is 13.9. The molecule has 19 nitrogen and oxygen atoms in total. The van der Waals surface area contributed by atoms with Gasteiger partial charge in [0.1, 0.15) is 0 Å². The van der Waals surface area contributed by atoms with Crippen molar-refractivity contribution in [3.63, 3.8) is 0 Å². The van der Waals surface area contributed by atoms with Crippen molar-refractivity contribution in [2.45, 2.75) is 45.6 Å². The van der Waals surface area contributed by atoms with Crippen molar-refractivity contribution in [2.75, 3.05) is 121 Å². The Hall–Kier alpha value is -1.78. The third kappa shape index (κ3) is 13.3. The summed E-state index contributed by atoms with van der Waals surface area (Å²) in [6.07, 6.45) is 0.637. The lowest BCUT2D eigenvalue weighted by atomic mass is 10.2. The van der Waals surface area contributed by atoms with Gasteiger partial charge in [-0.25, -0.2) is 13.7 Å². The summed E-state index contributed by atoms with van der Waals surface area (Å²) in [5, 5.41) is 9.16. The number of likely N-dealkylation sites (N-methyl/N-ethyl adjacent to an activating group) is 6. The quantitative estimate of drug-likeness (QED) is 0.141. The molecule has 3 unspecified atom stereocenters. The van der Waals surface area contributed by atoms with Crippen LogP contribution < -0.4 is 0 Å². The van der Waals surface area contributed by atoms with Crippen molar-refractivity contribution >= 4 is 41.1 Å². The molecule has 3 aliphatic rings. The highest BCUT2D eigenvalue weighted by molar-refractivity contribution is 7.53. The van der Waals surface area contributed by atoms with E-state index in [0.29, 0.717) is 44.1 Å². The van der Waals surface area contributed by atoms with Gasteiger partial charge in [0.05, 0.1) is 38.6 Å². The molecule has 3 fully saturated rings. The molecule has 3 saturated heterocycles. The SMILES string of the molecule is CN1CCN(C)C1=NP(=O)(OCCCO)OCCCOP(=O)(N=C1N(C)CCN1C)OCCCOP(=O)(N=C1N(C)CCN1C)OC(C)(C)C. The average molecular weight is 774 g/mol. The molecule has 0 radical (unpaired) electrons. The Labute approximate surface area is 297 Å². The third-order valence-electron chi connectivity index (χ3n) is 7.54. The van der Waals surface area contributed by atoms with Crippen LogP contribution in [0.2, 0.25) is 0 Å². The molecule has 50 heavy (non-hydrogen) atoms. The minimum Gasteiger partial charge on any atom is -0.396 e. The van der Waals surface area contributed by atoms with E-state index in [1.807, 2.05) is 71.7 Å². The van der Waals surface area contributed by atoms with Gasteiger partial charge in [0.2, 0.25) is 17.9 Å². The molecule has 0 aromatic carbocycles. The van der Waals surface area contributed by atoms with Crippen LogP contribution in [-0.2, 0) is 40.8 Å². The van der Waals surface area contributed by atoms with Gasteiger partial charge in [-0.05, 0) is 40.0 Å².